The van der Waals surface area contributed by atoms with Crippen LogP contribution in [0.4, 0.5) is 19.0 Å². The molecule has 128 valence electrons. The van der Waals surface area contributed by atoms with Crippen LogP contribution in [0.15, 0.2) is 42.6 Å². The first-order valence-corrected chi connectivity index (χ1v) is 7.48. The number of alkyl halides is 3. The van der Waals surface area contributed by atoms with Crippen LogP contribution in [-0.4, -0.2) is 20.2 Å². The molecule has 0 aliphatic heterocycles. The van der Waals surface area contributed by atoms with E-state index in [1.807, 2.05) is 0 Å². The maximum atomic E-state index is 12.9. The molecule has 0 aliphatic carbocycles. The first kappa shape index (κ1) is 17.1. The first-order valence-electron chi connectivity index (χ1n) is 7.10. The maximum Gasteiger partial charge on any atom is 0.416 e. The molecule has 0 radical (unpaired) electrons. The Kier molecular flexibility index (Phi) is 4.54. The smallest absolute Gasteiger partial charge is 0.381 e. The molecule has 0 saturated carbocycles. The van der Waals surface area contributed by atoms with Crippen LogP contribution in [0.3, 0.4) is 0 Å². The van der Waals surface area contributed by atoms with Gasteiger partial charge >= 0.3 is 6.18 Å². The molecular formula is C16H11ClF3N5. The summed E-state index contributed by atoms with van der Waals surface area (Å²) in [5.74, 6) is 0.169. The van der Waals surface area contributed by atoms with Crippen LogP contribution in [0.2, 0.25) is 5.15 Å². The largest absolute Gasteiger partial charge is 0.416 e. The van der Waals surface area contributed by atoms with Gasteiger partial charge in [-0.25, -0.2) is 9.97 Å². The highest BCUT2D eigenvalue weighted by Crippen LogP contribution is 2.31. The number of nitrogen functional groups attached to an aromatic ring is 1. The summed E-state index contributed by atoms with van der Waals surface area (Å²) in [5.41, 5.74) is 6.38. The number of rotatable bonds is 3. The van der Waals surface area contributed by atoms with Crippen molar-refractivity contribution in [3.63, 3.8) is 0 Å². The van der Waals surface area contributed by atoms with E-state index >= 15 is 0 Å². The van der Waals surface area contributed by atoms with Crippen molar-refractivity contribution in [1.29, 1.82) is 0 Å². The zero-order chi connectivity index (χ0) is 18.0. The molecule has 0 bridgehead atoms. The molecule has 0 fully saturated rings. The Hall–Kier alpha value is -2.74. The van der Waals surface area contributed by atoms with Crippen LogP contribution in [0.1, 0.15) is 16.8 Å². The monoisotopic (exact) mass is 365 g/mol. The highest BCUT2D eigenvalue weighted by atomic mass is 35.5. The molecule has 2 N–H and O–H groups in total. The van der Waals surface area contributed by atoms with E-state index in [-0.39, 0.29) is 17.2 Å². The lowest BCUT2D eigenvalue weighted by atomic mass is 10.1. The molecule has 25 heavy (non-hydrogen) atoms. The van der Waals surface area contributed by atoms with Crippen LogP contribution in [0, 0.1) is 0 Å². The second-order valence-corrected chi connectivity index (χ2v) is 5.60. The summed E-state index contributed by atoms with van der Waals surface area (Å²) >= 11 is 5.74. The van der Waals surface area contributed by atoms with Gasteiger partial charge in [-0.3, -0.25) is 0 Å². The highest BCUT2D eigenvalue weighted by molar-refractivity contribution is 6.29. The van der Waals surface area contributed by atoms with E-state index in [9.17, 15) is 13.2 Å². The molecule has 2 aromatic heterocycles. The predicted octanol–water partition coefficient (Wildman–Crippen LogP) is 3.78. The third-order valence-electron chi connectivity index (χ3n) is 3.40. The normalized spacial score (nSPS) is 11.5. The number of hydrogen-bond acceptors (Lipinski definition) is 5. The van der Waals surface area contributed by atoms with Gasteiger partial charge in [-0.05, 0) is 23.8 Å². The molecule has 0 amide bonds. The fraction of sp³-hybridized carbons (Fsp3) is 0.125. The summed E-state index contributed by atoms with van der Waals surface area (Å²) in [7, 11) is 0. The van der Waals surface area contributed by atoms with Gasteiger partial charge in [0, 0.05) is 18.2 Å². The quantitative estimate of drug-likeness (QED) is 0.715. The number of aromatic nitrogens is 4. The average molecular weight is 366 g/mol. The summed E-state index contributed by atoms with van der Waals surface area (Å²) in [4.78, 5) is 8.22. The minimum Gasteiger partial charge on any atom is -0.381 e. The molecule has 0 unspecified atom stereocenters. The topological polar surface area (TPSA) is 77.6 Å². The van der Waals surface area contributed by atoms with Crippen molar-refractivity contribution in [3.8, 4) is 11.4 Å². The van der Waals surface area contributed by atoms with Crippen molar-refractivity contribution in [2.24, 2.45) is 0 Å². The van der Waals surface area contributed by atoms with Gasteiger partial charge < -0.3 is 5.73 Å². The molecule has 3 rings (SSSR count). The van der Waals surface area contributed by atoms with E-state index in [1.54, 1.807) is 18.3 Å². The standard InChI is InChI=1S/C16H11ClF3N5/c17-13-5-4-9(8-22-13)6-12-14(21)24-25-15(23-12)10-2-1-3-11(7-10)16(18,19)20/h1-5,7-8H,6H2,(H2,21,24). The summed E-state index contributed by atoms with van der Waals surface area (Å²) in [6.07, 6.45) is -2.58. The molecule has 3 aromatic rings. The fourth-order valence-corrected chi connectivity index (χ4v) is 2.27. The van der Waals surface area contributed by atoms with Crippen LogP contribution in [0.5, 0.6) is 0 Å². The minimum absolute atomic E-state index is 0.0669. The van der Waals surface area contributed by atoms with Crippen molar-refractivity contribution < 1.29 is 13.2 Å². The lowest BCUT2D eigenvalue weighted by Gasteiger charge is -2.09. The second-order valence-electron chi connectivity index (χ2n) is 5.21. The van der Waals surface area contributed by atoms with Crippen LogP contribution in [0.25, 0.3) is 11.4 Å². The molecule has 5 nitrogen and oxygen atoms in total. The molecule has 2 heterocycles. The summed E-state index contributed by atoms with van der Waals surface area (Å²) in [5, 5.41) is 7.95. The Morgan fingerprint density at radius 3 is 2.56 bits per heavy atom. The van der Waals surface area contributed by atoms with Gasteiger partial charge in [0.2, 0.25) is 0 Å². The third kappa shape index (κ3) is 4.03. The second kappa shape index (κ2) is 6.64. The van der Waals surface area contributed by atoms with E-state index in [4.69, 9.17) is 17.3 Å². The number of benzene rings is 1. The third-order valence-corrected chi connectivity index (χ3v) is 3.62. The van der Waals surface area contributed by atoms with Gasteiger partial charge in [-0.15, -0.1) is 10.2 Å². The van der Waals surface area contributed by atoms with Crippen molar-refractivity contribution in [1.82, 2.24) is 20.2 Å². The molecule has 1 aromatic carbocycles. The number of anilines is 1. The summed E-state index contributed by atoms with van der Waals surface area (Å²) < 4.78 is 38.6. The predicted molar refractivity (Wildman–Crippen MR) is 86.7 cm³/mol. The molecule has 0 aliphatic rings. The SMILES string of the molecule is Nc1nnc(-c2cccc(C(F)(F)F)c2)nc1Cc1ccc(Cl)nc1. The maximum absolute atomic E-state index is 12.9. The molecule has 0 spiro atoms. The Labute approximate surface area is 145 Å². The van der Waals surface area contributed by atoms with Gasteiger partial charge in [-0.2, -0.15) is 13.2 Å². The summed E-state index contributed by atoms with van der Waals surface area (Å²) in [6, 6.07) is 8.10. The van der Waals surface area contributed by atoms with Gasteiger partial charge in [-0.1, -0.05) is 29.8 Å². The van der Waals surface area contributed by atoms with Crippen molar-refractivity contribution in [3.05, 3.63) is 64.6 Å². The van der Waals surface area contributed by atoms with Gasteiger partial charge in [0.05, 0.1) is 11.3 Å². The summed E-state index contributed by atoms with van der Waals surface area (Å²) in [6.45, 7) is 0. The van der Waals surface area contributed by atoms with Gasteiger partial charge in [0.15, 0.2) is 11.6 Å². The van der Waals surface area contributed by atoms with Crippen molar-refractivity contribution in [2.75, 3.05) is 5.73 Å². The van der Waals surface area contributed by atoms with Crippen LogP contribution >= 0.6 is 11.6 Å². The zero-order valence-corrected chi connectivity index (χ0v) is 13.4. The Morgan fingerprint density at radius 2 is 1.88 bits per heavy atom. The Bertz CT molecular complexity index is 897. The Morgan fingerprint density at radius 1 is 1.08 bits per heavy atom. The number of nitrogens with zero attached hydrogens (tertiary/aromatic N) is 4. The van der Waals surface area contributed by atoms with Crippen LogP contribution in [-0.2, 0) is 12.6 Å². The fourth-order valence-electron chi connectivity index (χ4n) is 2.16. The zero-order valence-electron chi connectivity index (χ0n) is 12.6. The molecule has 0 atom stereocenters. The number of hydrogen-bond donors (Lipinski definition) is 1. The van der Waals surface area contributed by atoms with Crippen LogP contribution < -0.4 is 5.73 Å². The first-order chi connectivity index (χ1) is 11.8. The molecular weight excluding hydrogens is 355 g/mol. The number of nitrogens with two attached hydrogens (primary N) is 1. The van der Waals surface area contributed by atoms with E-state index in [2.05, 4.69) is 20.2 Å². The number of pyridine rings is 1. The Balaban J connectivity index is 1.95. The van der Waals surface area contributed by atoms with E-state index in [1.165, 1.54) is 12.1 Å². The van der Waals surface area contributed by atoms with Gasteiger partial charge in [0.1, 0.15) is 5.15 Å². The van der Waals surface area contributed by atoms with Gasteiger partial charge in [0.25, 0.3) is 0 Å². The molecule has 9 heteroatoms. The number of halogens is 4. The highest BCUT2D eigenvalue weighted by Gasteiger charge is 2.30. The lowest BCUT2D eigenvalue weighted by molar-refractivity contribution is -0.137. The molecule has 0 saturated heterocycles. The minimum atomic E-state index is -4.45. The van der Waals surface area contributed by atoms with E-state index in [0.717, 1.165) is 17.7 Å². The van der Waals surface area contributed by atoms with E-state index < -0.39 is 11.7 Å². The lowest BCUT2D eigenvalue weighted by Crippen LogP contribution is -2.08. The van der Waals surface area contributed by atoms with Crippen molar-refractivity contribution in [2.45, 2.75) is 12.6 Å². The van der Waals surface area contributed by atoms with Crippen molar-refractivity contribution >= 4 is 17.4 Å². The average Bonchev–Trinajstić information content (AvgIpc) is 2.58. The van der Waals surface area contributed by atoms with E-state index in [0.29, 0.717) is 17.3 Å².